The summed E-state index contributed by atoms with van der Waals surface area (Å²) < 4.78 is 10.6. The van der Waals surface area contributed by atoms with Crippen molar-refractivity contribution in [1.82, 2.24) is 0 Å². The highest BCUT2D eigenvalue weighted by molar-refractivity contribution is 4.68. The molecule has 0 unspecified atom stereocenters. The molecule has 14 heavy (non-hydrogen) atoms. The third kappa shape index (κ3) is 3.97. The summed E-state index contributed by atoms with van der Waals surface area (Å²) in [5.74, 6) is 1.00. The highest BCUT2D eigenvalue weighted by Crippen LogP contribution is 2.27. The zero-order valence-electron chi connectivity index (χ0n) is 9.04. The van der Waals surface area contributed by atoms with Crippen molar-refractivity contribution in [2.45, 2.75) is 51.0 Å². The maximum Gasteiger partial charge on any atom is 0.104 e. The van der Waals surface area contributed by atoms with E-state index in [2.05, 4.69) is 0 Å². The minimum Gasteiger partial charge on any atom is -0.379 e. The quantitative estimate of drug-likeness (QED) is 0.483. The van der Waals surface area contributed by atoms with Gasteiger partial charge in [0.15, 0.2) is 0 Å². The molecular weight excluding hydrogens is 176 g/mol. The van der Waals surface area contributed by atoms with Crippen molar-refractivity contribution in [2.24, 2.45) is 5.92 Å². The molecule has 1 aliphatic carbocycles. The summed E-state index contributed by atoms with van der Waals surface area (Å²) in [5, 5.41) is 0. The van der Waals surface area contributed by atoms with Gasteiger partial charge in [0.25, 0.3) is 0 Å². The number of hydrogen-bond donors (Lipinski definition) is 0. The summed E-state index contributed by atoms with van der Waals surface area (Å²) in [6, 6.07) is 0. The second kappa shape index (κ2) is 5.72. The molecule has 2 fully saturated rings. The van der Waals surface area contributed by atoms with Crippen molar-refractivity contribution in [3.8, 4) is 0 Å². The topological polar surface area (TPSA) is 21.8 Å². The number of ether oxygens (including phenoxy) is 2. The third-order valence-electron chi connectivity index (χ3n) is 3.33. The molecule has 82 valence electrons. The molecule has 1 atom stereocenters. The standard InChI is InChI=1S/C12H22O2/c1-2-5-11(6-3-1)7-4-8-13-9-12-10-14-12/h11-12H,1-10H2/t12-/m0/s1. The highest BCUT2D eigenvalue weighted by Gasteiger charge is 2.22. The second-order valence-corrected chi connectivity index (χ2v) is 4.68. The predicted molar refractivity (Wildman–Crippen MR) is 56.4 cm³/mol. The van der Waals surface area contributed by atoms with Gasteiger partial charge in [-0.2, -0.15) is 0 Å². The van der Waals surface area contributed by atoms with Crippen LogP contribution in [0.3, 0.4) is 0 Å². The van der Waals surface area contributed by atoms with Crippen LogP contribution in [0.2, 0.25) is 0 Å². The zero-order valence-corrected chi connectivity index (χ0v) is 9.04. The fourth-order valence-electron chi connectivity index (χ4n) is 2.33. The first-order valence-electron chi connectivity index (χ1n) is 6.14. The predicted octanol–water partition coefficient (Wildman–Crippen LogP) is 2.76. The van der Waals surface area contributed by atoms with Gasteiger partial charge < -0.3 is 9.47 Å². The lowest BCUT2D eigenvalue weighted by Crippen LogP contribution is -2.08. The molecule has 0 aromatic heterocycles. The first-order valence-corrected chi connectivity index (χ1v) is 6.14. The normalized spacial score (nSPS) is 27.9. The molecule has 2 heteroatoms. The smallest absolute Gasteiger partial charge is 0.104 e. The van der Waals surface area contributed by atoms with E-state index >= 15 is 0 Å². The lowest BCUT2D eigenvalue weighted by Gasteiger charge is -2.21. The first kappa shape index (κ1) is 10.4. The molecule has 0 aromatic carbocycles. The van der Waals surface area contributed by atoms with Crippen LogP contribution in [0.4, 0.5) is 0 Å². The molecule has 1 saturated heterocycles. The van der Waals surface area contributed by atoms with E-state index in [-0.39, 0.29) is 0 Å². The van der Waals surface area contributed by atoms with E-state index in [0.29, 0.717) is 6.10 Å². The molecule has 1 saturated carbocycles. The molecule has 0 radical (unpaired) electrons. The Kier molecular flexibility index (Phi) is 4.26. The van der Waals surface area contributed by atoms with Gasteiger partial charge in [-0.15, -0.1) is 0 Å². The Bertz CT molecular complexity index is 148. The van der Waals surface area contributed by atoms with Crippen molar-refractivity contribution in [1.29, 1.82) is 0 Å². The van der Waals surface area contributed by atoms with E-state index in [9.17, 15) is 0 Å². The Morgan fingerprint density at radius 2 is 1.93 bits per heavy atom. The molecule has 2 aliphatic rings. The number of epoxide rings is 1. The summed E-state index contributed by atoms with van der Waals surface area (Å²) in [6.45, 7) is 2.68. The average molecular weight is 198 g/mol. The molecule has 0 spiro atoms. The van der Waals surface area contributed by atoms with Gasteiger partial charge >= 0.3 is 0 Å². The first-order chi connectivity index (χ1) is 6.95. The molecular formula is C12H22O2. The van der Waals surface area contributed by atoms with E-state index in [0.717, 1.165) is 25.7 Å². The monoisotopic (exact) mass is 198 g/mol. The Morgan fingerprint density at radius 1 is 1.14 bits per heavy atom. The highest BCUT2D eigenvalue weighted by atomic mass is 16.6. The van der Waals surface area contributed by atoms with Gasteiger partial charge in [-0.25, -0.2) is 0 Å². The van der Waals surface area contributed by atoms with E-state index in [1.54, 1.807) is 0 Å². The van der Waals surface area contributed by atoms with Crippen LogP contribution in [0.1, 0.15) is 44.9 Å². The van der Waals surface area contributed by atoms with E-state index < -0.39 is 0 Å². The minimum absolute atomic E-state index is 0.435. The summed E-state index contributed by atoms with van der Waals surface area (Å²) in [6.07, 6.45) is 10.4. The Hall–Kier alpha value is -0.0800. The molecule has 0 amide bonds. The van der Waals surface area contributed by atoms with Crippen LogP contribution < -0.4 is 0 Å². The van der Waals surface area contributed by atoms with Crippen LogP contribution in [0, 0.1) is 5.92 Å². The summed E-state index contributed by atoms with van der Waals surface area (Å²) in [7, 11) is 0. The van der Waals surface area contributed by atoms with Crippen LogP contribution in [-0.4, -0.2) is 25.9 Å². The summed E-state index contributed by atoms with van der Waals surface area (Å²) in [4.78, 5) is 0. The second-order valence-electron chi connectivity index (χ2n) is 4.68. The van der Waals surface area contributed by atoms with Gasteiger partial charge in [-0.3, -0.25) is 0 Å². The van der Waals surface area contributed by atoms with Gasteiger partial charge in [0, 0.05) is 6.61 Å². The molecule has 1 heterocycles. The fourth-order valence-corrected chi connectivity index (χ4v) is 2.33. The van der Waals surface area contributed by atoms with Crippen molar-refractivity contribution in [3.05, 3.63) is 0 Å². The van der Waals surface area contributed by atoms with Crippen LogP contribution in [0.15, 0.2) is 0 Å². The van der Waals surface area contributed by atoms with Gasteiger partial charge in [-0.1, -0.05) is 32.1 Å². The van der Waals surface area contributed by atoms with E-state index in [1.807, 2.05) is 0 Å². The SMILES string of the molecule is C1CCC(CCCOC[C@H]2CO2)CC1. The van der Waals surface area contributed by atoms with Crippen molar-refractivity contribution >= 4 is 0 Å². The van der Waals surface area contributed by atoms with Crippen LogP contribution in [0.5, 0.6) is 0 Å². The number of rotatable bonds is 6. The third-order valence-corrected chi connectivity index (χ3v) is 3.33. The zero-order chi connectivity index (χ0) is 9.64. The van der Waals surface area contributed by atoms with Crippen molar-refractivity contribution < 1.29 is 9.47 Å². The number of hydrogen-bond acceptors (Lipinski definition) is 2. The molecule has 2 rings (SSSR count). The largest absolute Gasteiger partial charge is 0.379 e. The van der Waals surface area contributed by atoms with Crippen molar-refractivity contribution in [3.63, 3.8) is 0 Å². The van der Waals surface area contributed by atoms with Crippen molar-refractivity contribution in [2.75, 3.05) is 19.8 Å². The average Bonchev–Trinajstić information content (AvgIpc) is 3.03. The minimum atomic E-state index is 0.435. The Balaban J connectivity index is 1.41. The fraction of sp³-hybridized carbons (Fsp3) is 1.00. The summed E-state index contributed by atoms with van der Waals surface area (Å²) in [5.41, 5.74) is 0. The van der Waals surface area contributed by atoms with E-state index in [1.165, 1.54) is 44.9 Å². The van der Waals surface area contributed by atoms with Crippen LogP contribution >= 0.6 is 0 Å². The van der Waals surface area contributed by atoms with Crippen LogP contribution in [0.25, 0.3) is 0 Å². The lowest BCUT2D eigenvalue weighted by molar-refractivity contribution is 0.108. The lowest BCUT2D eigenvalue weighted by atomic mass is 9.86. The Labute approximate surface area is 87.0 Å². The van der Waals surface area contributed by atoms with Gasteiger partial charge in [0.2, 0.25) is 0 Å². The molecule has 2 nitrogen and oxygen atoms in total. The van der Waals surface area contributed by atoms with Gasteiger partial charge in [0.05, 0.1) is 13.2 Å². The Morgan fingerprint density at radius 3 is 2.64 bits per heavy atom. The van der Waals surface area contributed by atoms with E-state index in [4.69, 9.17) is 9.47 Å². The molecule has 0 bridgehead atoms. The summed E-state index contributed by atoms with van der Waals surface area (Å²) >= 11 is 0. The van der Waals surface area contributed by atoms with Gasteiger partial charge in [0.1, 0.15) is 6.10 Å². The molecule has 0 aromatic rings. The van der Waals surface area contributed by atoms with Crippen LogP contribution in [-0.2, 0) is 9.47 Å². The molecule has 0 N–H and O–H groups in total. The maximum absolute atomic E-state index is 5.52. The maximum atomic E-state index is 5.52. The molecule has 1 aliphatic heterocycles. The van der Waals surface area contributed by atoms with Gasteiger partial charge in [-0.05, 0) is 18.8 Å².